The Labute approximate surface area is 153 Å². The molecule has 5 heteroatoms. The molecule has 4 rings (SSSR count). The van der Waals surface area contributed by atoms with Gasteiger partial charge in [-0.05, 0) is 37.1 Å². The van der Waals surface area contributed by atoms with Gasteiger partial charge in [0.15, 0.2) is 0 Å². The van der Waals surface area contributed by atoms with Gasteiger partial charge in [0.2, 0.25) is 6.41 Å². The molecule has 3 heterocycles. The van der Waals surface area contributed by atoms with Crippen molar-refractivity contribution in [3.05, 3.63) is 54.5 Å². The van der Waals surface area contributed by atoms with Gasteiger partial charge < -0.3 is 14.2 Å². The minimum Gasteiger partial charge on any atom is -0.378 e. The van der Waals surface area contributed by atoms with Crippen LogP contribution < -0.4 is 4.90 Å². The second kappa shape index (κ2) is 6.83. The molecule has 0 aliphatic carbocycles. The quantitative estimate of drug-likeness (QED) is 0.679. The third-order valence-electron chi connectivity index (χ3n) is 5.18. The maximum atomic E-state index is 11.2. The van der Waals surface area contributed by atoms with Gasteiger partial charge in [-0.2, -0.15) is 0 Å². The summed E-state index contributed by atoms with van der Waals surface area (Å²) in [5, 5.41) is 0. The van der Waals surface area contributed by atoms with Crippen LogP contribution in [0.4, 0.5) is 5.69 Å². The van der Waals surface area contributed by atoms with Crippen LogP contribution >= 0.6 is 0 Å². The molecule has 1 amide bonds. The van der Waals surface area contributed by atoms with Gasteiger partial charge in [-0.25, -0.2) is 4.98 Å². The van der Waals surface area contributed by atoms with Crippen LogP contribution in [0.5, 0.6) is 0 Å². The zero-order valence-electron chi connectivity index (χ0n) is 15.3. The summed E-state index contributed by atoms with van der Waals surface area (Å²) in [6.07, 6.45) is 5.13. The number of carbonyl (C=O) groups is 1. The fourth-order valence-electron chi connectivity index (χ4n) is 3.81. The molecule has 1 aromatic carbocycles. The number of pyridine rings is 1. The lowest BCUT2D eigenvalue weighted by molar-refractivity contribution is -0.119. The molecule has 0 bridgehead atoms. The normalized spacial score (nSPS) is 17.5. The minimum atomic E-state index is 0.273. The van der Waals surface area contributed by atoms with Crippen molar-refractivity contribution in [3.63, 3.8) is 0 Å². The van der Waals surface area contributed by atoms with Crippen molar-refractivity contribution in [2.24, 2.45) is 0 Å². The van der Waals surface area contributed by atoms with Gasteiger partial charge in [0.05, 0.1) is 11.2 Å². The smallest absolute Gasteiger partial charge is 0.209 e. The van der Waals surface area contributed by atoms with Crippen LogP contribution in [0.15, 0.2) is 48.7 Å². The van der Waals surface area contributed by atoms with Gasteiger partial charge in [-0.1, -0.05) is 18.2 Å². The molecule has 0 saturated carbocycles. The minimum absolute atomic E-state index is 0.273. The molecule has 0 radical (unpaired) electrons. The molecular weight excluding hydrogens is 324 g/mol. The van der Waals surface area contributed by atoms with Gasteiger partial charge in [-0.15, -0.1) is 0 Å². The molecule has 1 aliphatic rings. The summed E-state index contributed by atoms with van der Waals surface area (Å²) >= 11 is 0. The van der Waals surface area contributed by atoms with Crippen molar-refractivity contribution < 1.29 is 4.79 Å². The van der Waals surface area contributed by atoms with E-state index in [1.165, 1.54) is 0 Å². The molecule has 5 nitrogen and oxygen atoms in total. The Morgan fingerprint density at radius 2 is 2.08 bits per heavy atom. The van der Waals surface area contributed by atoms with E-state index in [9.17, 15) is 4.79 Å². The standard InChI is InChI=1S/C21H24N4O/c1-23(2)18-9-5-7-16(13-18)20-19-10-3-4-12-25(19)21(22-20)17-8-6-11-24(14-17)15-26/h3-5,7,9-10,12-13,15,17H,6,8,11,14H2,1-2H3. The van der Waals surface area contributed by atoms with Crippen molar-refractivity contribution in [1.29, 1.82) is 0 Å². The van der Waals surface area contributed by atoms with Crippen LogP contribution in [0.1, 0.15) is 24.6 Å². The van der Waals surface area contributed by atoms with Crippen LogP contribution in [0.25, 0.3) is 16.8 Å². The number of hydrogen-bond donors (Lipinski definition) is 0. The maximum absolute atomic E-state index is 11.2. The summed E-state index contributed by atoms with van der Waals surface area (Å²) in [7, 11) is 4.09. The van der Waals surface area contributed by atoms with Crippen molar-refractivity contribution in [3.8, 4) is 11.3 Å². The zero-order valence-corrected chi connectivity index (χ0v) is 15.3. The van der Waals surface area contributed by atoms with Crippen LogP contribution in [0.3, 0.4) is 0 Å². The average molecular weight is 348 g/mol. The highest BCUT2D eigenvalue weighted by molar-refractivity contribution is 5.79. The Balaban J connectivity index is 1.82. The lowest BCUT2D eigenvalue weighted by Gasteiger charge is -2.29. The maximum Gasteiger partial charge on any atom is 0.209 e. The van der Waals surface area contributed by atoms with Gasteiger partial charge in [0.25, 0.3) is 0 Å². The van der Waals surface area contributed by atoms with E-state index in [2.05, 4.69) is 51.9 Å². The Kier molecular flexibility index (Phi) is 4.37. The topological polar surface area (TPSA) is 40.9 Å². The molecule has 26 heavy (non-hydrogen) atoms. The molecule has 2 aromatic heterocycles. The van der Waals surface area contributed by atoms with E-state index >= 15 is 0 Å². The Morgan fingerprint density at radius 1 is 1.19 bits per heavy atom. The molecule has 134 valence electrons. The number of nitrogens with zero attached hydrogens (tertiary/aromatic N) is 4. The summed E-state index contributed by atoms with van der Waals surface area (Å²) < 4.78 is 2.19. The molecule has 3 aromatic rings. The summed E-state index contributed by atoms with van der Waals surface area (Å²) in [6, 6.07) is 14.7. The number of fused-ring (bicyclic) bond motifs is 1. The van der Waals surface area contributed by atoms with E-state index in [-0.39, 0.29) is 5.92 Å². The van der Waals surface area contributed by atoms with Crippen molar-refractivity contribution in [1.82, 2.24) is 14.3 Å². The fourth-order valence-corrected chi connectivity index (χ4v) is 3.81. The molecule has 1 aliphatic heterocycles. The molecular formula is C21H24N4O. The highest BCUT2D eigenvalue weighted by Gasteiger charge is 2.25. The molecule has 1 fully saturated rings. The first-order valence-corrected chi connectivity index (χ1v) is 9.11. The van der Waals surface area contributed by atoms with Gasteiger partial charge in [-0.3, -0.25) is 4.79 Å². The zero-order chi connectivity index (χ0) is 18.1. The van der Waals surface area contributed by atoms with Crippen LogP contribution in [0.2, 0.25) is 0 Å². The van der Waals surface area contributed by atoms with Crippen LogP contribution in [0, 0.1) is 0 Å². The predicted molar refractivity (Wildman–Crippen MR) is 105 cm³/mol. The summed E-state index contributed by atoms with van der Waals surface area (Å²) in [5.41, 5.74) is 4.40. The van der Waals surface area contributed by atoms with Crippen molar-refractivity contribution in [2.75, 3.05) is 32.1 Å². The monoisotopic (exact) mass is 348 g/mol. The van der Waals surface area contributed by atoms with E-state index in [0.717, 1.165) is 60.6 Å². The predicted octanol–water partition coefficient (Wildman–Crippen LogP) is 3.40. The van der Waals surface area contributed by atoms with Gasteiger partial charge in [0.1, 0.15) is 5.82 Å². The lowest BCUT2D eigenvalue weighted by Crippen LogP contribution is -2.33. The van der Waals surface area contributed by atoms with Crippen LogP contribution in [-0.2, 0) is 4.79 Å². The highest BCUT2D eigenvalue weighted by atomic mass is 16.1. The first kappa shape index (κ1) is 16.6. The second-order valence-electron chi connectivity index (χ2n) is 7.16. The SMILES string of the molecule is CN(C)c1cccc(-c2nc(C3CCCN(C=O)C3)n3ccccc23)c1. The van der Waals surface area contributed by atoms with E-state index in [4.69, 9.17) is 4.98 Å². The first-order valence-electron chi connectivity index (χ1n) is 9.11. The van der Waals surface area contributed by atoms with E-state index in [0.29, 0.717) is 0 Å². The Bertz CT molecular complexity index is 931. The molecule has 0 N–H and O–H groups in total. The Hall–Kier alpha value is -2.82. The lowest BCUT2D eigenvalue weighted by atomic mass is 9.97. The summed E-state index contributed by atoms with van der Waals surface area (Å²) in [4.78, 5) is 20.2. The second-order valence-corrected chi connectivity index (χ2v) is 7.16. The number of likely N-dealkylation sites (tertiary alicyclic amines) is 1. The number of amides is 1. The first-order chi connectivity index (χ1) is 12.7. The van der Waals surface area contributed by atoms with Gasteiger partial charge in [0, 0.05) is 50.6 Å². The van der Waals surface area contributed by atoms with Gasteiger partial charge >= 0.3 is 0 Å². The van der Waals surface area contributed by atoms with Crippen molar-refractivity contribution in [2.45, 2.75) is 18.8 Å². The van der Waals surface area contributed by atoms with E-state index in [1.54, 1.807) is 0 Å². The fraction of sp³-hybridized carbons (Fsp3) is 0.333. The van der Waals surface area contributed by atoms with E-state index in [1.807, 2.05) is 25.1 Å². The third-order valence-corrected chi connectivity index (χ3v) is 5.18. The number of anilines is 1. The van der Waals surface area contributed by atoms with Crippen LogP contribution in [-0.4, -0.2) is 47.9 Å². The number of rotatable bonds is 4. The largest absolute Gasteiger partial charge is 0.378 e. The Morgan fingerprint density at radius 3 is 2.88 bits per heavy atom. The molecule has 0 spiro atoms. The number of piperidine rings is 1. The van der Waals surface area contributed by atoms with E-state index < -0.39 is 0 Å². The number of aromatic nitrogens is 2. The molecule has 1 saturated heterocycles. The summed E-state index contributed by atoms with van der Waals surface area (Å²) in [6.45, 7) is 1.59. The number of imidazole rings is 1. The number of hydrogen-bond acceptors (Lipinski definition) is 3. The summed E-state index contributed by atoms with van der Waals surface area (Å²) in [5.74, 6) is 1.33. The van der Waals surface area contributed by atoms with Crippen molar-refractivity contribution >= 4 is 17.6 Å². The highest BCUT2D eigenvalue weighted by Crippen LogP contribution is 2.32. The number of carbonyl (C=O) groups excluding carboxylic acids is 1. The molecule has 1 atom stereocenters. The molecule has 1 unspecified atom stereocenters. The average Bonchev–Trinajstić information content (AvgIpc) is 3.08. The number of benzene rings is 1. The third kappa shape index (κ3) is 2.94.